The van der Waals surface area contributed by atoms with E-state index in [2.05, 4.69) is 5.32 Å². The monoisotopic (exact) mass is 297 g/mol. The summed E-state index contributed by atoms with van der Waals surface area (Å²) >= 11 is 0. The topological polar surface area (TPSA) is 30.5 Å². The third kappa shape index (κ3) is 7.45. The minimum Gasteiger partial charge on any atom is -0.382 e. The number of ether oxygens (including phenoxy) is 2. The van der Waals surface area contributed by atoms with E-state index in [1.807, 2.05) is 0 Å². The van der Waals surface area contributed by atoms with Crippen molar-refractivity contribution in [1.82, 2.24) is 5.32 Å². The Kier molecular flexibility index (Phi) is 8.49. The maximum Gasteiger partial charge on any atom is 0.391 e. The van der Waals surface area contributed by atoms with Gasteiger partial charge in [0.1, 0.15) is 0 Å². The van der Waals surface area contributed by atoms with Gasteiger partial charge in [0.25, 0.3) is 0 Å². The largest absolute Gasteiger partial charge is 0.391 e. The molecule has 0 heterocycles. The molecule has 0 saturated heterocycles. The van der Waals surface area contributed by atoms with Gasteiger partial charge in [0.15, 0.2) is 0 Å². The molecule has 120 valence electrons. The molecule has 1 saturated carbocycles. The molecule has 0 aliphatic heterocycles. The van der Waals surface area contributed by atoms with E-state index in [4.69, 9.17) is 9.47 Å². The zero-order valence-corrected chi connectivity index (χ0v) is 12.2. The van der Waals surface area contributed by atoms with E-state index in [-0.39, 0.29) is 18.9 Å². The molecular weight excluding hydrogens is 271 g/mol. The van der Waals surface area contributed by atoms with Gasteiger partial charge in [0.05, 0.1) is 19.1 Å². The molecule has 2 unspecified atom stereocenters. The van der Waals surface area contributed by atoms with Crippen LogP contribution in [0.2, 0.25) is 0 Å². The molecule has 6 heteroatoms. The molecule has 1 aliphatic rings. The van der Waals surface area contributed by atoms with Crippen molar-refractivity contribution in [3.05, 3.63) is 0 Å². The molecule has 0 bridgehead atoms. The molecule has 1 N–H and O–H groups in total. The summed E-state index contributed by atoms with van der Waals surface area (Å²) in [5.41, 5.74) is 0. The summed E-state index contributed by atoms with van der Waals surface area (Å²) in [5.74, 6) is -1.12. The number of unbranched alkanes of at least 4 members (excludes halogenated alkanes) is 1. The van der Waals surface area contributed by atoms with Crippen LogP contribution >= 0.6 is 0 Å². The maximum absolute atomic E-state index is 12.7. The van der Waals surface area contributed by atoms with Crippen molar-refractivity contribution in [1.29, 1.82) is 0 Å². The second-order valence-corrected chi connectivity index (χ2v) is 5.37. The van der Waals surface area contributed by atoms with Gasteiger partial charge in [-0.3, -0.25) is 0 Å². The van der Waals surface area contributed by atoms with Crippen molar-refractivity contribution in [2.75, 3.05) is 33.5 Å². The van der Waals surface area contributed by atoms with Gasteiger partial charge in [0.2, 0.25) is 0 Å². The first-order valence-corrected chi connectivity index (χ1v) is 7.41. The number of halogens is 3. The highest BCUT2D eigenvalue weighted by molar-refractivity contribution is 4.81. The van der Waals surface area contributed by atoms with E-state index in [0.717, 1.165) is 25.8 Å². The molecular formula is C14H26F3NO2. The summed E-state index contributed by atoms with van der Waals surface area (Å²) < 4.78 is 48.1. The lowest BCUT2D eigenvalue weighted by atomic mass is 9.85. The third-order valence-electron chi connectivity index (χ3n) is 3.72. The maximum atomic E-state index is 12.7. The molecule has 0 aromatic heterocycles. The van der Waals surface area contributed by atoms with Crippen LogP contribution in [-0.4, -0.2) is 45.7 Å². The Morgan fingerprint density at radius 3 is 2.60 bits per heavy atom. The summed E-state index contributed by atoms with van der Waals surface area (Å²) in [6.45, 7) is 2.64. The van der Waals surface area contributed by atoms with E-state index in [1.165, 1.54) is 0 Å². The van der Waals surface area contributed by atoms with E-state index < -0.39 is 12.1 Å². The van der Waals surface area contributed by atoms with Crippen molar-refractivity contribution in [2.24, 2.45) is 5.92 Å². The lowest BCUT2D eigenvalue weighted by molar-refractivity contribution is -0.183. The van der Waals surface area contributed by atoms with E-state index in [0.29, 0.717) is 26.2 Å². The molecule has 1 fully saturated rings. The number of alkyl halides is 3. The normalized spacial score (nSPS) is 24.0. The summed E-state index contributed by atoms with van der Waals surface area (Å²) in [6.07, 6.45) is -0.135. The van der Waals surface area contributed by atoms with Crippen molar-refractivity contribution < 1.29 is 22.6 Å². The van der Waals surface area contributed by atoms with Crippen molar-refractivity contribution in [2.45, 2.75) is 50.7 Å². The highest BCUT2D eigenvalue weighted by Gasteiger charge is 2.41. The Labute approximate surface area is 119 Å². The average Bonchev–Trinajstić information content (AvgIpc) is 2.41. The van der Waals surface area contributed by atoms with Crippen LogP contribution in [0.15, 0.2) is 0 Å². The van der Waals surface area contributed by atoms with Crippen LogP contribution < -0.4 is 5.32 Å². The first-order chi connectivity index (χ1) is 9.54. The summed E-state index contributed by atoms with van der Waals surface area (Å²) in [4.78, 5) is 0. The van der Waals surface area contributed by atoms with Crippen LogP contribution in [0.5, 0.6) is 0 Å². The fraction of sp³-hybridized carbons (Fsp3) is 1.00. The summed E-state index contributed by atoms with van der Waals surface area (Å²) in [5, 5.41) is 3.25. The van der Waals surface area contributed by atoms with Gasteiger partial charge in [-0.25, -0.2) is 0 Å². The SMILES string of the molecule is COCCOCCCCNC1CCCC(C(F)(F)F)C1. The van der Waals surface area contributed by atoms with Gasteiger partial charge < -0.3 is 14.8 Å². The van der Waals surface area contributed by atoms with Gasteiger partial charge in [-0.2, -0.15) is 13.2 Å². The van der Waals surface area contributed by atoms with Crippen molar-refractivity contribution in [3.8, 4) is 0 Å². The zero-order chi connectivity index (χ0) is 14.8. The first-order valence-electron chi connectivity index (χ1n) is 7.41. The predicted molar refractivity (Wildman–Crippen MR) is 71.7 cm³/mol. The molecule has 2 atom stereocenters. The van der Waals surface area contributed by atoms with Crippen LogP contribution in [0.4, 0.5) is 13.2 Å². The molecule has 3 nitrogen and oxygen atoms in total. The first kappa shape index (κ1) is 17.7. The number of methoxy groups -OCH3 is 1. The standard InChI is InChI=1S/C14H26F3NO2/c1-19-9-10-20-8-3-2-7-18-13-6-4-5-12(11-13)14(15,16)17/h12-13,18H,2-11H2,1H3. The van der Waals surface area contributed by atoms with Gasteiger partial charge in [-0.15, -0.1) is 0 Å². The third-order valence-corrected chi connectivity index (χ3v) is 3.72. The molecule has 1 aliphatic carbocycles. The van der Waals surface area contributed by atoms with Crippen LogP contribution in [0.25, 0.3) is 0 Å². The number of hydrogen-bond acceptors (Lipinski definition) is 3. The Bertz CT molecular complexity index is 249. The quantitative estimate of drug-likeness (QED) is 0.663. The van der Waals surface area contributed by atoms with Crippen LogP contribution in [0.1, 0.15) is 38.5 Å². The Morgan fingerprint density at radius 1 is 1.10 bits per heavy atom. The lowest BCUT2D eigenvalue weighted by Gasteiger charge is -2.31. The minimum atomic E-state index is -4.03. The fourth-order valence-electron chi connectivity index (χ4n) is 2.55. The van der Waals surface area contributed by atoms with Gasteiger partial charge in [-0.1, -0.05) is 6.42 Å². The summed E-state index contributed by atoms with van der Waals surface area (Å²) in [6, 6.07) is 0.0183. The molecule has 1 rings (SSSR count). The predicted octanol–water partition coefficient (Wildman–Crippen LogP) is 3.14. The minimum absolute atomic E-state index is 0.0183. The van der Waals surface area contributed by atoms with Gasteiger partial charge in [-0.05, 0) is 38.6 Å². The number of hydrogen-bond donors (Lipinski definition) is 1. The van der Waals surface area contributed by atoms with E-state index in [9.17, 15) is 13.2 Å². The zero-order valence-electron chi connectivity index (χ0n) is 12.2. The Morgan fingerprint density at radius 2 is 1.90 bits per heavy atom. The van der Waals surface area contributed by atoms with Gasteiger partial charge in [0, 0.05) is 19.8 Å². The molecule has 0 amide bonds. The Balaban J connectivity index is 2.01. The summed E-state index contributed by atoms with van der Waals surface area (Å²) in [7, 11) is 1.63. The van der Waals surface area contributed by atoms with Crippen molar-refractivity contribution >= 4 is 0 Å². The average molecular weight is 297 g/mol. The van der Waals surface area contributed by atoms with Crippen LogP contribution in [-0.2, 0) is 9.47 Å². The smallest absolute Gasteiger partial charge is 0.382 e. The molecule has 0 aromatic carbocycles. The Hall–Kier alpha value is -0.330. The molecule has 20 heavy (non-hydrogen) atoms. The van der Waals surface area contributed by atoms with Crippen LogP contribution in [0, 0.1) is 5.92 Å². The second kappa shape index (κ2) is 9.58. The van der Waals surface area contributed by atoms with E-state index in [1.54, 1.807) is 7.11 Å². The van der Waals surface area contributed by atoms with E-state index >= 15 is 0 Å². The van der Waals surface area contributed by atoms with Crippen LogP contribution in [0.3, 0.4) is 0 Å². The highest BCUT2D eigenvalue weighted by Crippen LogP contribution is 2.37. The molecule has 0 spiro atoms. The number of nitrogens with one attached hydrogen (secondary N) is 1. The molecule has 0 radical (unpaired) electrons. The second-order valence-electron chi connectivity index (χ2n) is 5.37. The fourth-order valence-corrected chi connectivity index (χ4v) is 2.55. The molecule has 0 aromatic rings. The van der Waals surface area contributed by atoms with Crippen molar-refractivity contribution in [3.63, 3.8) is 0 Å². The lowest BCUT2D eigenvalue weighted by Crippen LogP contribution is -2.39. The number of rotatable bonds is 9. The highest BCUT2D eigenvalue weighted by atomic mass is 19.4. The van der Waals surface area contributed by atoms with Gasteiger partial charge >= 0.3 is 6.18 Å².